The van der Waals surface area contributed by atoms with Crippen molar-refractivity contribution in [3.05, 3.63) is 15.6 Å². The SMILES string of the molecule is Cc1nc(C2CCCO2)sc1CNC1CC1. The number of aromatic nitrogens is 1. The maximum Gasteiger partial charge on any atom is 0.122 e. The number of rotatable bonds is 4. The summed E-state index contributed by atoms with van der Waals surface area (Å²) in [4.78, 5) is 6.03. The van der Waals surface area contributed by atoms with Gasteiger partial charge >= 0.3 is 0 Å². The van der Waals surface area contributed by atoms with Crippen molar-refractivity contribution < 1.29 is 4.74 Å². The molecule has 1 aliphatic carbocycles. The molecule has 2 fully saturated rings. The van der Waals surface area contributed by atoms with Crippen molar-refractivity contribution >= 4 is 11.3 Å². The second-order valence-electron chi connectivity index (χ2n) is 4.72. The third kappa shape index (κ3) is 2.29. The summed E-state index contributed by atoms with van der Waals surface area (Å²) in [6, 6.07) is 0.771. The first-order valence-electron chi connectivity index (χ1n) is 6.14. The Hall–Kier alpha value is -0.450. The van der Waals surface area contributed by atoms with E-state index in [0.717, 1.165) is 25.6 Å². The molecule has 4 heteroatoms. The average molecular weight is 238 g/mol. The normalized spacial score (nSPS) is 25.2. The van der Waals surface area contributed by atoms with Crippen LogP contribution in [0.1, 0.15) is 47.4 Å². The molecule has 1 aromatic rings. The smallest absolute Gasteiger partial charge is 0.122 e. The van der Waals surface area contributed by atoms with Crippen LogP contribution < -0.4 is 5.32 Å². The van der Waals surface area contributed by atoms with E-state index in [1.54, 1.807) is 0 Å². The highest BCUT2D eigenvalue weighted by molar-refractivity contribution is 7.11. The fourth-order valence-electron chi connectivity index (χ4n) is 2.05. The summed E-state index contributed by atoms with van der Waals surface area (Å²) in [5.74, 6) is 0. The number of hydrogen-bond acceptors (Lipinski definition) is 4. The Bertz CT molecular complexity index is 367. The molecule has 0 aromatic carbocycles. The maximum atomic E-state index is 5.67. The first-order valence-corrected chi connectivity index (χ1v) is 6.96. The van der Waals surface area contributed by atoms with Crippen LogP contribution in [0.2, 0.25) is 0 Å². The zero-order valence-corrected chi connectivity index (χ0v) is 10.5. The van der Waals surface area contributed by atoms with E-state index >= 15 is 0 Å². The molecule has 1 N–H and O–H groups in total. The molecule has 3 rings (SSSR count). The number of ether oxygens (including phenoxy) is 1. The number of nitrogens with zero attached hydrogens (tertiary/aromatic N) is 1. The lowest BCUT2D eigenvalue weighted by Crippen LogP contribution is -2.14. The Morgan fingerprint density at radius 2 is 2.31 bits per heavy atom. The zero-order valence-electron chi connectivity index (χ0n) is 9.66. The van der Waals surface area contributed by atoms with Crippen LogP contribution in [0.4, 0.5) is 0 Å². The standard InChI is InChI=1S/C12H18N2OS/c1-8-11(7-13-9-4-5-9)16-12(14-8)10-3-2-6-15-10/h9-10,13H,2-7H2,1H3. The van der Waals surface area contributed by atoms with Gasteiger partial charge in [-0.25, -0.2) is 4.98 Å². The second kappa shape index (κ2) is 4.43. The number of hydrogen-bond donors (Lipinski definition) is 1. The van der Waals surface area contributed by atoms with Gasteiger partial charge in [-0.05, 0) is 32.6 Å². The topological polar surface area (TPSA) is 34.1 Å². The molecule has 2 heterocycles. The van der Waals surface area contributed by atoms with Crippen LogP contribution in [-0.2, 0) is 11.3 Å². The summed E-state index contributed by atoms with van der Waals surface area (Å²) < 4.78 is 5.67. The molecule has 0 amide bonds. The van der Waals surface area contributed by atoms with E-state index in [4.69, 9.17) is 4.74 Å². The monoisotopic (exact) mass is 238 g/mol. The summed E-state index contributed by atoms with van der Waals surface area (Å²) in [6.45, 7) is 4.00. The molecule has 0 radical (unpaired) electrons. The molecule has 1 unspecified atom stereocenters. The molecule has 1 aliphatic heterocycles. The van der Waals surface area contributed by atoms with Gasteiger partial charge in [0.2, 0.25) is 0 Å². The summed E-state index contributed by atoms with van der Waals surface area (Å²) in [7, 11) is 0. The second-order valence-corrected chi connectivity index (χ2v) is 5.83. The van der Waals surface area contributed by atoms with Crippen LogP contribution >= 0.6 is 11.3 Å². The van der Waals surface area contributed by atoms with E-state index in [-0.39, 0.29) is 6.10 Å². The van der Waals surface area contributed by atoms with E-state index < -0.39 is 0 Å². The van der Waals surface area contributed by atoms with Crippen molar-refractivity contribution in [2.45, 2.75) is 51.3 Å². The van der Waals surface area contributed by atoms with Crippen molar-refractivity contribution in [1.82, 2.24) is 10.3 Å². The van der Waals surface area contributed by atoms with E-state index in [0.29, 0.717) is 0 Å². The van der Waals surface area contributed by atoms with Gasteiger partial charge in [0.25, 0.3) is 0 Å². The molecule has 1 aromatic heterocycles. The molecule has 1 atom stereocenters. The summed E-state index contributed by atoms with van der Waals surface area (Å²) in [5.41, 5.74) is 1.18. The molecule has 2 aliphatic rings. The average Bonchev–Trinajstić information content (AvgIpc) is 2.80. The molecule has 3 nitrogen and oxygen atoms in total. The van der Waals surface area contributed by atoms with Crippen LogP contribution in [-0.4, -0.2) is 17.6 Å². The van der Waals surface area contributed by atoms with Gasteiger partial charge in [-0.1, -0.05) is 0 Å². The Kier molecular flexibility index (Phi) is 2.96. The molecular weight excluding hydrogens is 220 g/mol. The molecule has 0 bridgehead atoms. The molecule has 16 heavy (non-hydrogen) atoms. The Balaban J connectivity index is 1.67. The highest BCUT2D eigenvalue weighted by Gasteiger charge is 2.24. The van der Waals surface area contributed by atoms with Gasteiger partial charge < -0.3 is 10.1 Å². The molecular formula is C12H18N2OS. The fourth-order valence-corrected chi connectivity index (χ4v) is 3.15. The number of aryl methyl sites for hydroxylation is 1. The van der Waals surface area contributed by atoms with E-state index in [1.165, 1.54) is 34.8 Å². The van der Waals surface area contributed by atoms with Crippen molar-refractivity contribution in [3.63, 3.8) is 0 Å². The summed E-state index contributed by atoms with van der Waals surface area (Å²) in [5, 5.41) is 4.73. The summed E-state index contributed by atoms with van der Waals surface area (Å²) in [6.07, 6.45) is 5.28. The Labute approximate surface area is 100 Å². The predicted octanol–water partition coefficient (Wildman–Crippen LogP) is 2.56. The number of thiazole rings is 1. The first kappa shape index (κ1) is 10.7. The Morgan fingerprint density at radius 1 is 1.44 bits per heavy atom. The van der Waals surface area contributed by atoms with Crippen molar-refractivity contribution in [2.75, 3.05) is 6.61 Å². The lowest BCUT2D eigenvalue weighted by Gasteiger charge is -2.03. The fraction of sp³-hybridized carbons (Fsp3) is 0.750. The van der Waals surface area contributed by atoms with Gasteiger partial charge in [0.1, 0.15) is 11.1 Å². The van der Waals surface area contributed by atoms with Crippen LogP contribution in [0, 0.1) is 6.92 Å². The Morgan fingerprint density at radius 3 is 3.00 bits per heavy atom. The largest absolute Gasteiger partial charge is 0.371 e. The highest BCUT2D eigenvalue weighted by atomic mass is 32.1. The van der Waals surface area contributed by atoms with Gasteiger partial charge in [-0.2, -0.15) is 0 Å². The number of nitrogens with one attached hydrogen (secondary N) is 1. The van der Waals surface area contributed by atoms with Gasteiger partial charge in [-0.15, -0.1) is 11.3 Å². The van der Waals surface area contributed by atoms with Crippen LogP contribution in [0.3, 0.4) is 0 Å². The van der Waals surface area contributed by atoms with E-state index in [9.17, 15) is 0 Å². The molecule has 1 saturated carbocycles. The highest BCUT2D eigenvalue weighted by Crippen LogP contribution is 2.33. The van der Waals surface area contributed by atoms with Gasteiger partial charge in [0, 0.05) is 24.1 Å². The quantitative estimate of drug-likeness (QED) is 0.875. The minimum absolute atomic E-state index is 0.276. The van der Waals surface area contributed by atoms with Crippen molar-refractivity contribution in [1.29, 1.82) is 0 Å². The van der Waals surface area contributed by atoms with Gasteiger partial charge in [0.05, 0.1) is 5.69 Å². The molecule has 0 spiro atoms. The maximum absolute atomic E-state index is 5.67. The van der Waals surface area contributed by atoms with Crippen LogP contribution in [0.25, 0.3) is 0 Å². The zero-order chi connectivity index (χ0) is 11.0. The third-order valence-electron chi connectivity index (χ3n) is 3.24. The van der Waals surface area contributed by atoms with Gasteiger partial charge in [-0.3, -0.25) is 0 Å². The van der Waals surface area contributed by atoms with Crippen LogP contribution in [0.5, 0.6) is 0 Å². The van der Waals surface area contributed by atoms with Gasteiger partial charge in [0.15, 0.2) is 0 Å². The third-order valence-corrected chi connectivity index (χ3v) is 4.49. The lowest BCUT2D eigenvalue weighted by molar-refractivity contribution is 0.111. The predicted molar refractivity (Wildman–Crippen MR) is 64.6 cm³/mol. The van der Waals surface area contributed by atoms with Crippen molar-refractivity contribution in [3.8, 4) is 0 Å². The minimum Gasteiger partial charge on any atom is -0.371 e. The lowest BCUT2D eigenvalue weighted by atomic mass is 10.2. The summed E-state index contributed by atoms with van der Waals surface area (Å²) >= 11 is 1.83. The van der Waals surface area contributed by atoms with E-state index in [1.807, 2.05) is 11.3 Å². The first-order chi connectivity index (χ1) is 7.83. The molecule has 1 saturated heterocycles. The van der Waals surface area contributed by atoms with Crippen LogP contribution in [0.15, 0.2) is 0 Å². The van der Waals surface area contributed by atoms with E-state index in [2.05, 4.69) is 17.2 Å². The van der Waals surface area contributed by atoms with Crippen molar-refractivity contribution in [2.24, 2.45) is 0 Å². The molecule has 88 valence electrons. The minimum atomic E-state index is 0.276.